The van der Waals surface area contributed by atoms with Crippen LogP contribution in [0.25, 0.3) is 0 Å². The number of anilines is 1. The molecule has 0 aliphatic rings. The van der Waals surface area contributed by atoms with Crippen molar-refractivity contribution in [2.24, 2.45) is 0 Å². The lowest BCUT2D eigenvalue weighted by Gasteiger charge is -2.29. The van der Waals surface area contributed by atoms with Crippen molar-refractivity contribution in [3.05, 3.63) is 76.5 Å². The van der Waals surface area contributed by atoms with Crippen LogP contribution in [0, 0.1) is 0 Å². The van der Waals surface area contributed by atoms with Gasteiger partial charge in [-0.2, -0.15) is 8.42 Å². The van der Waals surface area contributed by atoms with Crippen molar-refractivity contribution < 1.29 is 22.2 Å². The van der Waals surface area contributed by atoms with E-state index in [-0.39, 0.29) is 35.0 Å². The van der Waals surface area contributed by atoms with Gasteiger partial charge in [0.1, 0.15) is 10.6 Å². The first kappa shape index (κ1) is 24.5. The van der Waals surface area contributed by atoms with Crippen LogP contribution in [0.5, 0.6) is 5.75 Å². The molecule has 33 heavy (non-hydrogen) atoms. The van der Waals surface area contributed by atoms with Crippen LogP contribution in [0.2, 0.25) is 0 Å². The molecule has 0 saturated heterocycles. The molecule has 0 spiro atoms. The quantitative estimate of drug-likeness (QED) is 0.434. The largest absolute Gasteiger partial charge is 0.379 e. The summed E-state index contributed by atoms with van der Waals surface area (Å²) >= 11 is 1.37. The second-order valence-corrected chi connectivity index (χ2v) is 10.0. The summed E-state index contributed by atoms with van der Waals surface area (Å²) < 4.78 is 31.3. The van der Waals surface area contributed by atoms with Crippen molar-refractivity contribution >= 4 is 39.0 Å². The Labute approximate surface area is 198 Å². The zero-order valence-corrected chi connectivity index (χ0v) is 20.3. The summed E-state index contributed by atoms with van der Waals surface area (Å²) in [6.45, 7) is 5.54. The van der Waals surface area contributed by atoms with E-state index < -0.39 is 10.1 Å². The highest BCUT2D eigenvalue weighted by atomic mass is 32.2. The van der Waals surface area contributed by atoms with E-state index >= 15 is 0 Å². The molecule has 3 rings (SSSR count). The number of rotatable bonds is 9. The average molecular weight is 487 g/mol. The molecule has 0 fully saturated rings. The molecule has 0 bridgehead atoms. The van der Waals surface area contributed by atoms with Gasteiger partial charge in [0.15, 0.2) is 0 Å². The predicted molar refractivity (Wildman–Crippen MR) is 129 cm³/mol. The van der Waals surface area contributed by atoms with Gasteiger partial charge in [0.05, 0.1) is 4.88 Å². The molecule has 1 N–H and O–H groups in total. The maximum Gasteiger partial charge on any atom is 0.339 e. The first-order valence-electron chi connectivity index (χ1n) is 10.5. The summed E-state index contributed by atoms with van der Waals surface area (Å²) in [6.07, 6.45) is 0.749. The number of benzene rings is 2. The first-order valence-corrected chi connectivity index (χ1v) is 12.7. The van der Waals surface area contributed by atoms with E-state index in [0.717, 1.165) is 6.42 Å². The van der Waals surface area contributed by atoms with Crippen molar-refractivity contribution in [2.45, 2.75) is 44.7 Å². The Morgan fingerprint density at radius 3 is 2.36 bits per heavy atom. The minimum atomic E-state index is -4.12. The van der Waals surface area contributed by atoms with E-state index in [1.165, 1.54) is 42.5 Å². The van der Waals surface area contributed by atoms with Crippen molar-refractivity contribution in [2.75, 3.05) is 5.32 Å². The minimum Gasteiger partial charge on any atom is -0.379 e. The van der Waals surface area contributed by atoms with E-state index in [9.17, 15) is 18.0 Å². The Kier molecular flexibility index (Phi) is 7.88. The molecule has 2 aromatic carbocycles. The zero-order valence-electron chi connectivity index (χ0n) is 18.6. The number of nitrogens with one attached hydrogen (secondary N) is 1. The molecule has 174 valence electrons. The number of para-hydroxylation sites is 1. The van der Waals surface area contributed by atoms with Crippen molar-refractivity contribution in [1.29, 1.82) is 0 Å². The fourth-order valence-electron chi connectivity index (χ4n) is 3.16. The minimum absolute atomic E-state index is 0.0418. The van der Waals surface area contributed by atoms with Gasteiger partial charge in [0.25, 0.3) is 5.91 Å². The summed E-state index contributed by atoms with van der Waals surface area (Å²) in [5.41, 5.74) is 1.07. The summed E-state index contributed by atoms with van der Waals surface area (Å²) in [5.74, 6) is -0.194. The normalized spacial score (nSPS) is 12.1. The maximum absolute atomic E-state index is 13.1. The van der Waals surface area contributed by atoms with Gasteiger partial charge in [-0.3, -0.25) is 9.59 Å². The molecule has 0 aliphatic carbocycles. The van der Waals surface area contributed by atoms with E-state index in [1.54, 1.807) is 35.2 Å². The number of carbonyl (C=O) groups is 2. The molecule has 3 aromatic rings. The lowest BCUT2D eigenvalue weighted by Crippen LogP contribution is -2.37. The molecule has 1 heterocycles. The molecule has 0 radical (unpaired) electrons. The Morgan fingerprint density at radius 2 is 1.76 bits per heavy atom. The summed E-state index contributed by atoms with van der Waals surface area (Å²) in [7, 11) is -4.12. The number of hydrogen-bond donors (Lipinski definition) is 1. The number of thiophene rings is 1. The number of amides is 2. The van der Waals surface area contributed by atoms with Gasteiger partial charge in [0, 0.05) is 30.8 Å². The SMILES string of the molecule is CCC(C)N(Cc1ccccc1OS(=O)(=O)c1ccc(NC(C)=O)cc1)C(=O)c1cccs1. The summed E-state index contributed by atoms with van der Waals surface area (Å²) in [6, 6.07) is 16.1. The lowest BCUT2D eigenvalue weighted by molar-refractivity contribution is -0.114. The monoisotopic (exact) mass is 486 g/mol. The van der Waals surface area contributed by atoms with Crippen molar-refractivity contribution in [3.8, 4) is 5.75 Å². The Hall–Kier alpha value is -3.17. The third-order valence-corrected chi connectivity index (χ3v) is 7.20. The van der Waals surface area contributed by atoms with Crippen molar-refractivity contribution in [3.63, 3.8) is 0 Å². The predicted octanol–water partition coefficient (Wildman–Crippen LogP) is 4.92. The van der Waals surface area contributed by atoms with Gasteiger partial charge in [-0.15, -0.1) is 11.3 Å². The average Bonchev–Trinajstić information content (AvgIpc) is 3.32. The molecule has 1 unspecified atom stereocenters. The van der Waals surface area contributed by atoms with Gasteiger partial charge in [0.2, 0.25) is 5.91 Å². The second-order valence-electron chi connectivity index (χ2n) is 7.52. The van der Waals surface area contributed by atoms with Gasteiger partial charge in [-0.1, -0.05) is 31.2 Å². The third kappa shape index (κ3) is 6.21. The summed E-state index contributed by atoms with van der Waals surface area (Å²) in [5, 5.41) is 4.44. The molecule has 0 saturated carbocycles. The van der Waals surface area contributed by atoms with Crippen LogP contribution in [0.15, 0.2) is 70.9 Å². The maximum atomic E-state index is 13.1. The highest BCUT2D eigenvalue weighted by molar-refractivity contribution is 7.87. The van der Waals surface area contributed by atoms with E-state index in [1.807, 2.05) is 25.3 Å². The van der Waals surface area contributed by atoms with Crippen LogP contribution in [-0.4, -0.2) is 31.2 Å². The van der Waals surface area contributed by atoms with Crippen LogP contribution in [0.1, 0.15) is 42.4 Å². The topological polar surface area (TPSA) is 92.8 Å². The number of carbonyl (C=O) groups excluding carboxylic acids is 2. The lowest BCUT2D eigenvalue weighted by atomic mass is 10.1. The molecular formula is C24H26N2O5S2. The number of nitrogens with zero attached hydrogens (tertiary/aromatic N) is 1. The van der Waals surface area contributed by atoms with E-state index in [4.69, 9.17) is 4.18 Å². The highest BCUT2D eigenvalue weighted by Gasteiger charge is 2.24. The van der Waals surface area contributed by atoms with E-state index in [2.05, 4.69) is 5.32 Å². The molecule has 7 nitrogen and oxygen atoms in total. The second kappa shape index (κ2) is 10.6. The zero-order chi connectivity index (χ0) is 24.0. The van der Waals surface area contributed by atoms with Crippen LogP contribution in [0.3, 0.4) is 0 Å². The molecule has 0 aliphatic heterocycles. The van der Waals surface area contributed by atoms with Gasteiger partial charge in [-0.05, 0) is 55.1 Å². The van der Waals surface area contributed by atoms with Crippen molar-refractivity contribution in [1.82, 2.24) is 4.90 Å². The molecule has 9 heteroatoms. The fourth-order valence-corrected chi connectivity index (χ4v) is 4.81. The first-order chi connectivity index (χ1) is 15.7. The van der Waals surface area contributed by atoms with E-state index in [0.29, 0.717) is 16.1 Å². The summed E-state index contributed by atoms with van der Waals surface area (Å²) in [4.78, 5) is 26.6. The Morgan fingerprint density at radius 1 is 1.06 bits per heavy atom. The van der Waals surface area contributed by atoms with Gasteiger partial charge in [-0.25, -0.2) is 0 Å². The standard InChI is InChI=1S/C24H26N2O5S2/c1-4-17(2)26(24(28)23-10-7-15-32-23)16-19-8-5-6-9-22(19)31-33(29,30)21-13-11-20(12-14-21)25-18(3)27/h5-15,17H,4,16H2,1-3H3,(H,25,27). The third-order valence-electron chi connectivity index (χ3n) is 5.09. The Bertz CT molecular complexity index is 1210. The molecule has 1 atom stereocenters. The van der Waals surface area contributed by atoms with Gasteiger partial charge < -0.3 is 14.4 Å². The van der Waals surface area contributed by atoms with Gasteiger partial charge >= 0.3 is 10.1 Å². The number of hydrogen-bond acceptors (Lipinski definition) is 6. The van der Waals surface area contributed by atoms with Crippen LogP contribution in [0.4, 0.5) is 5.69 Å². The van der Waals surface area contributed by atoms with Crippen LogP contribution >= 0.6 is 11.3 Å². The molecule has 2 amide bonds. The van der Waals surface area contributed by atoms with Crippen LogP contribution < -0.4 is 9.50 Å². The fraction of sp³-hybridized carbons (Fsp3) is 0.250. The molecular weight excluding hydrogens is 460 g/mol. The highest BCUT2D eigenvalue weighted by Crippen LogP contribution is 2.27. The van der Waals surface area contributed by atoms with Crippen LogP contribution in [-0.2, 0) is 21.5 Å². The molecule has 1 aromatic heterocycles. The Balaban J connectivity index is 1.85. The smallest absolute Gasteiger partial charge is 0.339 e.